The molecule has 1 atom stereocenters. The molecule has 0 aliphatic rings. The molecule has 0 radical (unpaired) electrons. The molecular weight excluding hydrogens is 244 g/mol. The van der Waals surface area contributed by atoms with Crippen LogP contribution in [-0.2, 0) is 0 Å². The SMILES string of the molecule is CCCCCCC(O)c1occc1Br. The van der Waals surface area contributed by atoms with Crippen molar-refractivity contribution in [2.24, 2.45) is 0 Å². The predicted molar refractivity (Wildman–Crippen MR) is 60.1 cm³/mol. The predicted octanol–water partition coefficient (Wildman–Crippen LogP) is 4.05. The Kier molecular flexibility index (Phi) is 5.26. The molecule has 0 aliphatic heterocycles. The first-order valence-corrected chi connectivity index (χ1v) is 5.96. The molecule has 1 unspecified atom stereocenters. The highest BCUT2D eigenvalue weighted by Crippen LogP contribution is 2.27. The second-order valence-electron chi connectivity index (χ2n) is 3.50. The average Bonchev–Trinajstić information content (AvgIpc) is 2.59. The van der Waals surface area contributed by atoms with Gasteiger partial charge in [-0.2, -0.15) is 0 Å². The second-order valence-corrected chi connectivity index (χ2v) is 4.35. The van der Waals surface area contributed by atoms with Crippen molar-refractivity contribution in [1.82, 2.24) is 0 Å². The van der Waals surface area contributed by atoms with E-state index < -0.39 is 6.10 Å². The highest BCUT2D eigenvalue weighted by atomic mass is 79.9. The summed E-state index contributed by atoms with van der Waals surface area (Å²) < 4.78 is 6.05. The van der Waals surface area contributed by atoms with Gasteiger partial charge in [0, 0.05) is 0 Å². The minimum atomic E-state index is -0.462. The average molecular weight is 261 g/mol. The Balaban J connectivity index is 2.28. The fourth-order valence-corrected chi connectivity index (χ4v) is 1.90. The zero-order valence-corrected chi connectivity index (χ0v) is 10.1. The van der Waals surface area contributed by atoms with Crippen LogP contribution < -0.4 is 0 Å². The lowest BCUT2D eigenvalue weighted by atomic mass is 10.1. The van der Waals surface area contributed by atoms with E-state index in [-0.39, 0.29) is 0 Å². The summed E-state index contributed by atoms with van der Waals surface area (Å²) in [7, 11) is 0. The van der Waals surface area contributed by atoms with E-state index in [1.165, 1.54) is 19.3 Å². The molecule has 2 nitrogen and oxygen atoms in total. The van der Waals surface area contributed by atoms with Gasteiger partial charge < -0.3 is 9.52 Å². The normalized spacial score (nSPS) is 13.1. The fraction of sp³-hybridized carbons (Fsp3) is 0.636. The third-order valence-corrected chi connectivity index (χ3v) is 2.93. The molecule has 0 aromatic carbocycles. The van der Waals surface area contributed by atoms with Crippen LogP contribution in [0.3, 0.4) is 0 Å². The van der Waals surface area contributed by atoms with Crippen molar-refractivity contribution in [1.29, 1.82) is 0 Å². The van der Waals surface area contributed by atoms with E-state index in [9.17, 15) is 5.11 Å². The van der Waals surface area contributed by atoms with Gasteiger partial charge in [0.2, 0.25) is 0 Å². The third kappa shape index (κ3) is 3.46. The van der Waals surface area contributed by atoms with Gasteiger partial charge in [-0.15, -0.1) is 0 Å². The molecule has 1 rings (SSSR count). The van der Waals surface area contributed by atoms with Crippen LogP contribution >= 0.6 is 15.9 Å². The maximum atomic E-state index is 9.77. The number of hydrogen-bond donors (Lipinski definition) is 1. The van der Waals surface area contributed by atoms with E-state index in [0.29, 0.717) is 5.76 Å². The van der Waals surface area contributed by atoms with Crippen molar-refractivity contribution in [2.45, 2.75) is 45.1 Å². The second kappa shape index (κ2) is 6.25. The van der Waals surface area contributed by atoms with Gasteiger partial charge in [-0.05, 0) is 28.4 Å². The molecule has 1 aromatic rings. The van der Waals surface area contributed by atoms with Crippen LogP contribution in [0.4, 0.5) is 0 Å². The van der Waals surface area contributed by atoms with Crippen molar-refractivity contribution >= 4 is 15.9 Å². The van der Waals surface area contributed by atoms with Crippen LogP contribution in [0.25, 0.3) is 0 Å². The monoisotopic (exact) mass is 260 g/mol. The molecule has 1 heterocycles. The van der Waals surface area contributed by atoms with Crippen LogP contribution in [0.15, 0.2) is 21.2 Å². The fourth-order valence-electron chi connectivity index (χ4n) is 1.44. The summed E-state index contributed by atoms with van der Waals surface area (Å²) >= 11 is 3.34. The number of rotatable bonds is 6. The quantitative estimate of drug-likeness (QED) is 0.784. The molecule has 0 bridgehead atoms. The Hall–Kier alpha value is -0.280. The standard InChI is InChI=1S/C11H17BrO2/c1-2-3-4-5-6-10(13)11-9(12)7-8-14-11/h7-8,10,13H,2-6H2,1H3. The Labute approximate surface area is 93.4 Å². The molecule has 1 N–H and O–H groups in total. The lowest BCUT2D eigenvalue weighted by molar-refractivity contribution is 0.136. The van der Waals surface area contributed by atoms with E-state index >= 15 is 0 Å². The molecule has 0 saturated heterocycles. The highest BCUT2D eigenvalue weighted by molar-refractivity contribution is 9.10. The van der Waals surface area contributed by atoms with Gasteiger partial charge in [0.25, 0.3) is 0 Å². The van der Waals surface area contributed by atoms with Crippen molar-refractivity contribution < 1.29 is 9.52 Å². The van der Waals surface area contributed by atoms with Crippen molar-refractivity contribution in [2.75, 3.05) is 0 Å². The summed E-state index contributed by atoms with van der Waals surface area (Å²) in [6.45, 7) is 2.18. The molecular formula is C11H17BrO2. The lowest BCUT2D eigenvalue weighted by Gasteiger charge is -2.07. The molecule has 0 amide bonds. The molecule has 1 aromatic heterocycles. The molecule has 14 heavy (non-hydrogen) atoms. The highest BCUT2D eigenvalue weighted by Gasteiger charge is 2.13. The van der Waals surface area contributed by atoms with Crippen LogP contribution in [0, 0.1) is 0 Å². The summed E-state index contributed by atoms with van der Waals surface area (Å²) in [5.74, 6) is 0.654. The van der Waals surface area contributed by atoms with Crippen LogP contribution in [0.1, 0.15) is 50.9 Å². The minimum absolute atomic E-state index is 0.462. The van der Waals surface area contributed by atoms with Gasteiger partial charge in [-0.25, -0.2) is 0 Å². The number of furan rings is 1. The van der Waals surface area contributed by atoms with Crippen LogP contribution in [0.5, 0.6) is 0 Å². The number of unbranched alkanes of at least 4 members (excludes halogenated alkanes) is 3. The van der Waals surface area contributed by atoms with E-state index in [0.717, 1.165) is 17.3 Å². The summed E-state index contributed by atoms with van der Waals surface area (Å²) in [6.07, 6.45) is 6.62. The largest absolute Gasteiger partial charge is 0.465 e. The van der Waals surface area contributed by atoms with E-state index in [1.807, 2.05) is 6.07 Å². The smallest absolute Gasteiger partial charge is 0.146 e. The van der Waals surface area contributed by atoms with Crippen LogP contribution in [0.2, 0.25) is 0 Å². The Morgan fingerprint density at radius 1 is 1.43 bits per heavy atom. The maximum absolute atomic E-state index is 9.77. The zero-order valence-electron chi connectivity index (χ0n) is 8.50. The van der Waals surface area contributed by atoms with E-state index in [4.69, 9.17) is 4.42 Å². The minimum Gasteiger partial charge on any atom is -0.465 e. The first-order valence-electron chi connectivity index (χ1n) is 5.16. The van der Waals surface area contributed by atoms with Gasteiger partial charge in [-0.3, -0.25) is 0 Å². The molecule has 0 aliphatic carbocycles. The number of halogens is 1. The Morgan fingerprint density at radius 3 is 2.79 bits per heavy atom. The number of hydrogen-bond acceptors (Lipinski definition) is 2. The molecule has 0 saturated carbocycles. The van der Waals surface area contributed by atoms with Crippen molar-refractivity contribution in [3.8, 4) is 0 Å². The summed E-state index contributed by atoms with van der Waals surface area (Å²) in [4.78, 5) is 0. The first kappa shape index (κ1) is 11.8. The molecule has 3 heteroatoms. The maximum Gasteiger partial charge on any atom is 0.146 e. The molecule has 80 valence electrons. The lowest BCUT2D eigenvalue weighted by Crippen LogP contribution is -1.96. The first-order chi connectivity index (χ1) is 6.75. The van der Waals surface area contributed by atoms with Gasteiger partial charge >= 0.3 is 0 Å². The molecule has 0 spiro atoms. The third-order valence-electron chi connectivity index (χ3n) is 2.28. The van der Waals surface area contributed by atoms with E-state index in [1.54, 1.807) is 6.26 Å². The Morgan fingerprint density at radius 2 is 2.21 bits per heavy atom. The summed E-state index contributed by atoms with van der Waals surface area (Å²) in [5, 5.41) is 9.77. The van der Waals surface area contributed by atoms with Crippen LogP contribution in [-0.4, -0.2) is 5.11 Å². The van der Waals surface area contributed by atoms with Gasteiger partial charge in [-0.1, -0.05) is 32.6 Å². The van der Waals surface area contributed by atoms with Crippen molar-refractivity contribution in [3.05, 3.63) is 22.6 Å². The molecule has 0 fully saturated rings. The summed E-state index contributed by atoms with van der Waals surface area (Å²) in [6, 6.07) is 1.81. The number of aliphatic hydroxyl groups is 1. The Bertz CT molecular complexity index is 258. The van der Waals surface area contributed by atoms with E-state index in [2.05, 4.69) is 22.9 Å². The summed E-state index contributed by atoms with van der Waals surface area (Å²) in [5.41, 5.74) is 0. The van der Waals surface area contributed by atoms with Gasteiger partial charge in [0.1, 0.15) is 11.9 Å². The topological polar surface area (TPSA) is 33.4 Å². The van der Waals surface area contributed by atoms with Gasteiger partial charge in [0.15, 0.2) is 0 Å². The van der Waals surface area contributed by atoms with Crippen molar-refractivity contribution in [3.63, 3.8) is 0 Å². The van der Waals surface area contributed by atoms with Gasteiger partial charge in [0.05, 0.1) is 10.7 Å². The number of aliphatic hydroxyl groups excluding tert-OH is 1. The zero-order chi connectivity index (χ0) is 10.4.